The summed E-state index contributed by atoms with van der Waals surface area (Å²) in [7, 11) is 0. The van der Waals surface area contributed by atoms with E-state index in [0.717, 1.165) is 19.4 Å². The average Bonchev–Trinajstić information content (AvgIpc) is 2.74. The minimum atomic E-state index is -0.612. The second-order valence-electron chi connectivity index (χ2n) is 2.85. The summed E-state index contributed by atoms with van der Waals surface area (Å²) >= 11 is 15.6. The van der Waals surface area contributed by atoms with Crippen molar-refractivity contribution in [3.63, 3.8) is 0 Å². The summed E-state index contributed by atoms with van der Waals surface area (Å²) in [4.78, 5) is 0.839. The number of halogens is 3. The normalized spacial score (nSPS) is 13.1. The van der Waals surface area contributed by atoms with Crippen molar-refractivity contribution in [2.75, 3.05) is 0 Å². The quantitative estimate of drug-likeness (QED) is 0.762. The molecule has 2 rings (SSSR count). The number of aliphatic hydroxyl groups is 1. The lowest BCUT2D eigenvalue weighted by atomic mass is 10.2. The molecule has 0 aliphatic carbocycles. The van der Waals surface area contributed by atoms with Gasteiger partial charge >= 0.3 is 0 Å². The van der Waals surface area contributed by atoms with Gasteiger partial charge in [0.25, 0.3) is 0 Å². The highest BCUT2D eigenvalue weighted by Gasteiger charge is 2.18. The van der Waals surface area contributed by atoms with Crippen LogP contribution in [0.5, 0.6) is 0 Å². The van der Waals surface area contributed by atoms with Gasteiger partial charge in [0.15, 0.2) is 0 Å². The van der Waals surface area contributed by atoms with Gasteiger partial charge in [0.05, 0.1) is 0 Å². The van der Waals surface area contributed by atoms with Gasteiger partial charge in [-0.3, -0.25) is 0 Å². The standard InChI is InChI=1S/C9H5Br2ClOS2/c10-5-1-7(15-9(5)12)8(13)4-2-14-3-6(4)11/h1-3,8,13H. The number of rotatable bonds is 2. The van der Waals surface area contributed by atoms with Crippen molar-refractivity contribution in [1.29, 1.82) is 0 Å². The van der Waals surface area contributed by atoms with E-state index in [1.165, 1.54) is 11.3 Å². The number of aliphatic hydroxyl groups excluding tert-OH is 1. The van der Waals surface area contributed by atoms with Gasteiger partial charge < -0.3 is 5.11 Å². The zero-order valence-electron chi connectivity index (χ0n) is 7.21. The summed E-state index contributed by atoms with van der Waals surface area (Å²) < 4.78 is 2.42. The fourth-order valence-corrected chi connectivity index (χ4v) is 4.41. The molecule has 0 radical (unpaired) electrons. The SMILES string of the molecule is OC(c1cc(Br)c(Cl)s1)c1cscc1Br. The van der Waals surface area contributed by atoms with Crippen LogP contribution in [0.4, 0.5) is 0 Å². The van der Waals surface area contributed by atoms with E-state index in [9.17, 15) is 5.11 Å². The highest BCUT2D eigenvalue weighted by Crippen LogP contribution is 2.39. The molecule has 0 aliphatic rings. The van der Waals surface area contributed by atoms with Gasteiger partial charge in [0.1, 0.15) is 10.4 Å². The van der Waals surface area contributed by atoms with Crippen LogP contribution >= 0.6 is 66.1 Å². The lowest BCUT2D eigenvalue weighted by Crippen LogP contribution is -1.95. The van der Waals surface area contributed by atoms with Crippen molar-refractivity contribution in [2.45, 2.75) is 6.10 Å². The fourth-order valence-electron chi connectivity index (χ4n) is 1.14. The maximum atomic E-state index is 10.1. The average molecular weight is 389 g/mol. The van der Waals surface area contributed by atoms with Gasteiger partial charge in [0, 0.05) is 24.8 Å². The molecule has 6 heteroatoms. The highest BCUT2D eigenvalue weighted by molar-refractivity contribution is 9.11. The molecule has 0 fully saturated rings. The maximum Gasteiger partial charge on any atom is 0.115 e. The van der Waals surface area contributed by atoms with Gasteiger partial charge in [0.2, 0.25) is 0 Å². The summed E-state index contributed by atoms with van der Waals surface area (Å²) in [5.41, 5.74) is 0.880. The Labute approximate surface area is 117 Å². The summed E-state index contributed by atoms with van der Waals surface area (Å²) in [5, 5.41) is 14.0. The van der Waals surface area contributed by atoms with Crippen LogP contribution in [-0.2, 0) is 0 Å². The Hall–Kier alpha value is 0.610. The molecule has 2 aromatic rings. The summed E-state index contributed by atoms with van der Waals surface area (Å²) in [6.45, 7) is 0. The Morgan fingerprint density at radius 3 is 2.47 bits per heavy atom. The molecule has 80 valence electrons. The van der Waals surface area contributed by atoms with Crippen molar-refractivity contribution >= 4 is 66.1 Å². The molecule has 0 amide bonds. The van der Waals surface area contributed by atoms with E-state index in [4.69, 9.17) is 11.6 Å². The summed E-state index contributed by atoms with van der Waals surface area (Å²) in [6, 6.07) is 1.85. The molecular formula is C9H5Br2ClOS2. The number of hydrogen-bond donors (Lipinski definition) is 1. The molecule has 1 atom stereocenters. The molecule has 15 heavy (non-hydrogen) atoms. The van der Waals surface area contributed by atoms with Crippen LogP contribution < -0.4 is 0 Å². The van der Waals surface area contributed by atoms with Crippen molar-refractivity contribution in [3.8, 4) is 0 Å². The molecule has 0 saturated heterocycles. The van der Waals surface area contributed by atoms with E-state index >= 15 is 0 Å². The Balaban J connectivity index is 2.36. The van der Waals surface area contributed by atoms with Crippen LogP contribution in [0.25, 0.3) is 0 Å². The first kappa shape index (κ1) is 12.1. The van der Waals surface area contributed by atoms with E-state index < -0.39 is 6.10 Å². The third kappa shape index (κ3) is 2.48. The van der Waals surface area contributed by atoms with Gasteiger partial charge in [-0.1, -0.05) is 11.6 Å². The molecule has 0 aliphatic heterocycles. The summed E-state index contributed by atoms with van der Waals surface area (Å²) in [6.07, 6.45) is -0.612. The smallest absolute Gasteiger partial charge is 0.115 e. The van der Waals surface area contributed by atoms with E-state index in [0.29, 0.717) is 4.34 Å². The monoisotopic (exact) mass is 386 g/mol. The zero-order valence-corrected chi connectivity index (χ0v) is 12.8. The fraction of sp³-hybridized carbons (Fsp3) is 0.111. The molecule has 0 aromatic carbocycles. The minimum Gasteiger partial charge on any atom is -0.383 e. The van der Waals surface area contributed by atoms with E-state index in [1.54, 1.807) is 11.3 Å². The summed E-state index contributed by atoms with van der Waals surface area (Å²) in [5.74, 6) is 0. The maximum absolute atomic E-state index is 10.1. The van der Waals surface area contributed by atoms with Gasteiger partial charge in [-0.2, -0.15) is 11.3 Å². The van der Waals surface area contributed by atoms with Crippen LogP contribution in [0.2, 0.25) is 4.34 Å². The molecule has 0 spiro atoms. The lowest BCUT2D eigenvalue weighted by Gasteiger charge is -2.06. The van der Waals surface area contributed by atoms with Crippen LogP contribution in [0.15, 0.2) is 25.8 Å². The zero-order chi connectivity index (χ0) is 11.0. The molecule has 1 nitrogen and oxygen atoms in total. The second-order valence-corrected chi connectivity index (χ2v) is 6.99. The van der Waals surface area contributed by atoms with Gasteiger partial charge in [-0.15, -0.1) is 11.3 Å². The van der Waals surface area contributed by atoms with Crippen LogP contribution in [-0.4, -0.2) is 5.11 Å². The third-order valence-electron chi connectivity index (χ3n) is 1.87. The predicted molar refractivity (Wildman–Crippen MR) is 73.1 cm³/mol. The van der Waals surface area contributed by atoms with E-state index in [-0.39, 0.29) is 0 Å². The molecule has 0 bridgehead atoms. The Bertz CT molecular complexity index is 461. The van der Waals surface area contributed by atoms with Gasteiger partial charge in [-0.25, -0.2) is 0 Å². The van der Waals surface area contributed by atoms with E-state index in [1.807, 2.05) is 16.8 Å². The van der Waals surface area contributed by atoms with Crippen LogP contribution in [0, 0.1) is 0 Å². The van der Waals surface area contributed by atoms with Crippen LogP contribution in [0.3, 0.4) is 0 Å². The highest BCUT2D eigenvalue weighted by atomic mass is 79.9. The molecule has 1 unspecified atom stereocenters. The lowest BCUT2D eigenvalue weighted by molar-refractivity contribution is 0.224. The first-order chi connectivity index (χ1) is 7.09. The van der Waals surface area contributed by atoms with Crippen molar-refractivity contribution in [1.82, 2.24) is 0 Å². The van der Waals surface area contributed by atoms with Crippen molar-refractivity contribution < 1.29 is 5.11 Å². The van der Waals surface area contributed by atoms with Crippen molar-refractivity contribution in [3.05, 3.63) is 40.5 Å². The van der Waals surface area contributed by atoms with Gasteiger partial charge in [-0.05, 0) is 43.3 Å². The number of hydrogen-bond acceptors (Lipinski definition) is 3. The Morgan fingerprint density at radius 1 is 1.27 bits per heavy atom. The van der Waals surface area contributed by atoms with E-state index in [2.05, 4.69) is 31.9 Å². The molecule has 2 heterocycles. The van der Waals surface area contributed by atoms with Crippen LogP contribution in [0.1, 0.15) is 16.5 Å². The third-order valence-corrected chi connectivity index (χ3v) is 6.15. The molecule has 1 N–H and O–H groups in total. The topological polar surface area (TPSA) is 20.2 Å². The predicted octanol–water partition coefficient (Wildman–Crippen LogP) is 5.07. The second kappa shape index (κ2) is 4.85. The molecule has 2 aromatic heterocycles. The molecular weight excluding hydrogens is 383 g/mol. The van der Waals surface area contributed by atoms with Crippen molar-refractivity contribution in [2.24, 2.45) is 0 Å². The largest absolute Gasteiger partial charge is 0.383 e. The first-order valence-corrected chi connectivity index (χ1v) is 7.66. The molecule has 0 saturated carbocycles. The Morgan fingerprint density at radius 2 is 2.00 bits per heavy atom. The Kier molecular flexibility index (Phi) is 3.91. The minimum absolute atomic E-state index is 0.612. The first-order valence-electron chi connectivity index (χ1n) is 3.94. The number of thiophene rings is 2.